The normalized spacial score (nSPS) is 15.5. The first-order chi connectivity index (χ1) is 11.5. The van der Waals surface area contributed by atoms with Gasteiger partial charge in [0.2, 0.25) is 0 Å². The van der Waals surface area contributed by atoms with Crippen molar-refractivity contribution < 1.29 is 9.53 Å². The summed E-state index contributed by atoms with van der Waals surface area (Å²) in [7, 11) is 0. The van der Waals surface area contributed by atoms with E-state index in [1.165, 1.54) is 16.9 Å². The minimum Gasteiger partial charge on any atom is -0.486 e. The Morgan fingerprint density at radius 2 is 2.08 bits per heavy atom. The van der Waals surface area contributed by atoms with Crippen LogP contribution in [-0.4, -0.2) is 28.9 Å². The van der Waals surface area contributed by atoms with Gasteiger partial charge in [-0.2, -0.15) is 0 Å². The molecule has 0 radical (unpaired) electrons. The van der Waals surface area contributed by atoms with E-state index in [-0.39, 0.29) is 5.91 Å². The third-order valence-electron chi connectivity index (χ3n) is 4.52. The molecule has 0 saturated carbocycles. The molecule has 4 nitrogen and oxygen atoms in total. The number of benzene rings is 1. The van der Waals surface area contributed by atoms with Crippen LogP contribution in [-0.2, 0) is 6.61 Å². The minimum atomic E-state index is 0.0518. The molecule has 1 amide bonds. The molecule has 1 saturated heterocycles. The van der Waals surface area contributed by atoms with Crippen LogP contribution >= 0.6 is 11.3 Å². The number of carbonyl (C=O) groups is 1. The first kappa shape index (κ1) is 17.0. The van der Waals surface area contributed by atoms with E-state index in [4.69, 9.17) is 4.74 Å². The lowest BCUT2D eigenvalue weighted by atomic mass is 9.99. The topological polar surface area (TPSA) is 42.4 Å². The highest BCUT2D eigenvalue weighted by atomic mass is 32.1. The van der Waals surface area contributed by atoms with E-state index in [1.807, 2.05) is 29.3 Å². The number of aryl methyl sites for hydroxylation is 2. The zero-order valence-electron chi connectivity index (χ0n) is 14.5. The lowest BCUT2D eigenvalue weighted by molar-refractivity contribution is 0.0691. The monoisotopic (exact) mass is 344 g/mol. The second-order valence-corrected chi connectivity index (χ2v) is 7.60. The summed E-state index contributed by atoms with van der Waals surface area (Å²) in [5, 5.41) is 2.69. The van der Waals surface area contributed by atoms with Gasteiger partial charge in [0.15, 0.2) is 0 Å². The summed E-state index contributed by atoms with van der Waals surface area (Å²) < 4.78 is 5.85. The van der Waals surface area contributed by atoms with Crippen molar-refractivity contribution in [3.05, 3.63) is 45.4 Å². The molecule has 2 aromatic rings. The number of amides is 1. The molecule has 1 aromatic carbocycles. The smallest absolute Gasteiger partial charge is 0.273 e. The van der Waals surface area contributed by atoms with Crippen LogP contribution in [0.5, 0.6) is 5.75 Å². The number of rotatable bonds is 4. The van der Waals surface area contributed by atoms with Gasteiger partial charge in [-0.1, -0.05) is 24.6 Å². The summed E-state index contributed by atoms with van der Waals surface area (Å²) in [6, 6.07) is 6.12. The first-order valence-electron chi connectivity index (χ1n) is 8.46. The van der Waals surface area contributed by atoms with Gasteiger partial charge in [0.1, 0.15) is 23.1 Å². The molecule has 0 aliphatic carbocycles. The molecule has 0 bridgehead atoms. The quantitative estimate of drug-likeness (QED) is 0.834. The van der Waals surface area contributed by atoms with E-state index in [1.54, 1.807) is 0 Å². The fourth-order valence-electron chi connectivity index (χ4n) is 2.95. The van der Waals surface area contributed by atoms with Gasteiger partial charge in [0, 0.05) is 18.5 Å². The van der Waals surface area contributed by atoms with Crippen LogP contribution in [0.15, 0.2) is 23.6 Å². The second-order valence-electron chi connectivity index (χ2n) is 6.66. The molecule has 3 rings (SSSR count). The van der Waals surface area contributed by atoms with E-state index in [2.05, 4.69) is 24.9 Å². The Morgan fingerprint density at radius 3 is 2.79 bits per heavy atom. The lowest BCUT2D eigenvalue weighted by Gasteiger charge is -2.29. The molecule has 128 valence electrons. The van der Waals surface area contributed by atoms with Crippen molar-refractivity contribution in [3.8, 4) is 5.75 Å². The van der Waals surface area contributed by atoms with E-state index in [0.29, 0.717) is 18.2 Å². The van der Waals surface area contributed by atoms with Gasteiger partial charge in [-0.05, 0) is 44.2 Å². The highest BCUT2D eigenvalue weighted by molar-refractivity contribution is 7.09. The van der Waals surface area contributed by atoms with Crippen molar-refractivity contribution in [2.75, 3.05) is 13.1 Å². The standard InChI is InChI=1S/C19H24N2O2S/c1-13-6-8-21(9-7-13)19(22)16-12-24-18(20-16)11-23-17-5-4-14(2)10-15(17)3/h4-5,10,12-13H,6-9,11H2,1-3H3. The Balaban J connectivity index is 1.60. The summed E-state index contributed by atoms with van der Waals surface area (Å²) in [5.74, 6) is 1.64. The van der Waals surface area contributed by atoms with E-state index >= 15 is 0 Å². The fraction of sp³-hybridized carbons (Fsp3) is 0.474. The van der Waals surface area contributed by atoms with Gasteiger partial charge >= 0.3 is 0 Å². The van der Waals surface area contributed by atoms with Gasteiger partial charge in [-0.15, -0.1) is 11.3 Å². The van der Waals surface area contributed by atoms with Crippen LogP contribution in [0.1, 0.15) is 46.4 Å². The molecule has 0 atom stereocenters. The number of nitrogens with zero attached hydrogens (tertiary/aromatic N) is 2. The van der Waals surface area contributed by atoms with E-state index in [0.717, 1.165) is 42.3 Å². The Hall–Kier alpha value is -1.88. The van der Waals surface area contributed by atoms with Crippen LogP contribution in [0.25, 0.3) is 0 Å². The van der Waals surface area contributed by atoms with Crippen LogP contribution in [0, 0.1) is 19.8 Å². The Labute approximate surface area is 147 Å². The van der Waals surface area contributed by atoms with Gasteiger partial charge in [0.25, 0.3) is 5.91 Å². The number of aromatic nitrogens is 1. The predicted molar refractivity (Wildman–Crippen MR) is 96.7 cm³/mol. The van der Waals surface area contributed by atoms with E-state index < -0.39 is 0 Å². The van der Waals surface area contributed by atoms with Crippen molar-refractivity contribution >= 4 is 17.2 Å². The molecule has 0 spiro atoms. The van der Waals surface area contributed by atoms with Crippen LogP contribution in [0.4, 0.5) is 0 Å². The maximum atomic E-state index is 12.5. The molecule has 0 unspecified atom stereocenters. The Kier molecular flexibility index (Phi) is 5.19. The highest BCUT2D eigenvalue weighted by Gasteiger charge is 2.23. The number of piperidine rings is 1. The van der Waals surface area contributed by atoms with Gasteiger partial charge in [-0.3, -0.25) is 4.79 Å². The number of thiazole rings is 1. The molecular formula is C19H24N2O2S. The summed E-state index contributed by atoms with van der Waals surface area (Å²) in [6.07, 6.45) is 2.16. The van der Waals surface area contributed by atoms with Crippen LogP contribution < -0.4 is 4.74 Å². The predicted octanol–water partition coefficient (Wildman–Crippen LogP) is 4.21. The second kappa shape index (κ2) is 7.34. The third kappa shape index (κ3) is 3.96. The highest BCUT2D eigenvalue weighted by Crippen LogP contribution is 2.22. The summed E-state index contributed by atoms with van der Waals surface area (Å²) in [6.45, 7) is 8.43. The molecule has 2 heterocycles. The van der Waals surface area contributed by atoms with Gasteiger partial charge in [-0.25, -0.2) is 4.98 Å². The van der Waals surface area contributed by atoms with Crippen molar-refractivity contribution in [1.29, 1.82) is 0 Å². The number of hydrogen-bond acceptors (Lipinski definition) is 4. The van der Waals surface area contributed by atoms with Crippen molar-refractivity contribution in [2.24, 2.45) is 5.92 Å². The summed E-state index contributed by atoms with van der Waals surface area (Å²) >= 11 is 1.49. The molecule has 1 aromatic heterocycles. The average molecular weight is 344 g/mol. The first-order valence-corrected chi connectivity index (χ1v) is 9.34. The molecule has 1 aliphatic rings. The number of hydrogen-bond donors (Lipinski definition) is 0. The van der Waals surface area contributed by atoms with Crippen molar-refractivity contribution in [2.45, 2.75) is 40.2 Å². The van der Waals surface area contributed by atoms with Crippen molar-refractivity contribution in [1.82, 2.24) is 9.88 Å². The maximum absolute atomic E-state index is 12.5. The molecule has 0 N–H and O–H groups in total. The molecule has 1 fully saturated rings. The fourth-order valence-corrected chi connectivity index (χ4v) is 3.63. The maximum Gasteiger partial charge on any atom is 0.273 e. The van der Waals surface area contributed by atoms with Crippen LogP contribution in [0.3, 0.4) is 0 Å². The van der Waals surface area contributed by atoms with Crippen molar-refractivity contribution in [3.63, 3.8) is 0 Å². The number of ether oxygens (including phenoxy) is 1. The third-order valence-corrected chi connectivity index (χ3v) is 5.35. The van der Waals surface area contributed by atoms with Gasteiger partial charge < -0.3 is 9.64 Å². The largest absolute Gasteiger partial charge is 0.486 e. The number of carbonyl (C=O) groups excluding carboxylic acids is 1. The average Bonchev–Trinajstić information content (AvgIpc) is 3.03. The Morgan fingerprint density at radius 1 is 1.33 bits per heavy atom. The zero-order valence-corrected chi connectivity index (χ0v) is 15.4. The molecule has 24 heavy (non-hydrogen) atoms. The molecule has 1 aliphatic heterocycles. The Bertz CT molecular complexity index is 718. The lowest BCUT2D eigenvalue weighted by Crippen LogP contribution is -2.38. The SMILES string of the molecule is Cc1ccc(OCc2nc(C(=O)N3CCC(C)CC3)cs2)c(C)c1. The van der Waals surface area contributed by atoms with Crippen LogP contribution in [0.2, 0.25) is 0 Å². The van der Waals surface area contributed by atoms with E-state index in [9.17, 15) is 4.79 Å². The zero-order chi connectivity index (χ0) is 17.1. The van der Waals surface area contributed by atoms with Gasteiger partial charge in [0.05, 0.1) is 0 Å². The number of likely N-dealkylation sites (tertiary alicyclic amines) is 1. The minimum absolute atomic E-state index is 0.0518. The summed E-state index contributed by atoms with van der Waals surface area (Å²) in [5.41, 5.74) is 2.89. The molecular weight excluding hydrogens is 320 g/mol. The molecule has 5 heteroatoms. The summed E-state index contributed by atoms with van der Waals surface area (Å²) in [4.78, 5) is 18.9.